The molecule has 0 aliphatic heterocycles. The average Bonchev–Trinajstić information content (AvgIpc) is 2.57. The Morgan fingerprint density at radius 2 is 1.67 bits per heavy atom. The number of halogens is 1. The van der Waals surface area contributed by atoms with Crippen molar-refractivity contribution >= 4 is 27.7 Å². The topological polar surface area (TPSA) is 58.6 Å². The molecule has 0 saturated carbocycles. The van der Waals surface area contributed by atoms with Crippen LogP contribution in [0.5, 0.6) is 5.75 Å². The molecule has 0 aliphatic carbocycles. The van der Waals surface area contributed by atoms with Gasteiger partial charge in [-0.15, -0.1) is 0 Å². The number of ether oxygens (including phenoxy) is 1. The van der Waals surface area contributed by atoms with E-state index in [-0.39, 0.29) is 5.91 Å². The van der Waals surface area contributed by atoms with Crippen LogP contribution in [0.1, 0.15) is 52.6 Å². The van der Waals surface area contributed by atoms with Gasteiger partial charge < -0.3 is 4.74 Å². The molecule has 0 heterocycles. The van der Waals surface area contributed by atoms with E-state index < -0.39 is 11.4 Å². The van der Waals surface area contributed by atoms with E-state index in [1.165, 1.54) is 12.1 Å². The highest BCUT2D eigenvalue weighted by molar-refractivity contribution is 9.10. The molecule has 0 saturated heterocycles. The summed E-state index contributed by atoms with van der Waals surface area (Å²) in [6, 6.07) is 10.8. The van der Waals surface area contributed by atoms with Gasteiger partial charge in [-0.25, -0.2) is 5.01 Å². The fourth-order valence-electron chi connectivity index (χ4n) is 2.76. The molecule has 6 heteroatoms. The standard InChI is InChI=1S/C21H25BrN2O3/c1-13-10-14(2)12-15(11-13)20(26)24(21(3,4)5)23-19(25)16-8-7-9-17(27-6)18(16)22/h7-12H,1-6H3,(H,23,25). The molecule has 0 bridgehead atoms. The van der Waals surface area contributed by atoms with E-state index in [9.17, 15) is 9.59 Å². The number of amides is 2. The van der Waals surface area contributed by atoms with Crippen molar-refractivity contribution in [1.82, 2.24) is 10.4 Å². The minimum atomic E-state index is -0.615. The SMILES string of the molecule is COc1cccc(C(=O)NN(C(=O)c2cc(C)cc(C)c2)C(C)(C)C)c1Br. The molecule has 2 amide bonds. The minimum absolute atomic E-state index is 0.262. The van der Waals surface area contributed by atoms with Crippen LogP contribution in [0.4, 0.5) is 0 Å². The zero-order valence-corrected chi connectivity index (χ0v) is 18.1. The first kappa shape index (κ1) is 21.0. The van der Waals surface area contributed by atoms with Crippen LogP contribution >= 0.6 is 15.9 Å². The van der Waals surface area contributed by atoms with Crippen molar-refractivity contribution in [1.29, 1.82) is 0 Å². The molecule has 0 radical (unpaired) electrons. The normalized spacial score (nSPS) is 11.1. The summed E-state index contributed by atoms with van der Waals surface area (Å²) < 4.78 is 5.78. The Morgan fingerprint density at radius 1 is 1.07 bits per heavy atom. The summed E-state index contributed by atoms with van der Waals surface area (Å²) in [5.74, 6) is -0.110. The first-order chi connectivity index (χ1) is 12.5. The molecule has 0 aromatic heterocycles. The number of carbonyl (C=O) groups excluding carboxylic acids is 2. The molecule has 2 rings (SSSR count). The second-order valence-corrected chi connectivity index (χ2v) is 8.24. The Labute approximate surface area is 168 Å². The number of methoxy groups -OCH3 is 1. The summed E-state index contributed by atoms with van der Waals surface area (Å²) >= 11 is 3.39. The lowest BCUT2D eigenvalue weighted by atomic mass is 10.0. The molecule has 0 atom stereocenters. The van der Waals surface area contributed by atoms with Crippen molar-refractivity contribution in [3.8, 4) is 5.75 Å². The lowest BCUT2D eigenvalue weighted by Gasteiger charge is -2.35. The summed E-state index contributed by atoms with van der Waals surface area (Å²) in [4.78, 5) is 26.0. The molecular formula is C21H25BrN2O3. The third kappa shape index (κ3) is 4.89. The number of nitrogens with one attached hydrogen (secondary N) is 1. The van der Waals surface area contributed by atoms with E-state index >= 15 is 0 Å². The van der Waals surface area contributed by atoms with Crippen molar-refractivity contribution in [2.75, 3.05) is 7.11 Å². The van der Waals surface area contributed by atoms with E-state index in [2.05, 4.69) is 21.4 Å². The quantitative estimate of drug-likeness (QED) is 0.717. The van der Waals surface area contributed by atoms with Gasteiger partial charge in [-0.3, -0.25) is 15.0 Å². The van der Waals surface area contributed by atoms with Gasteiger partial charge in [-0.2, -0.15) is 0 Å². The van der Waals surface area contributed by atoms with Crippen LogP contribution in [0.3, 0.4) is 0 Å². The first-order valence-corrected chi connectivity index (χ1v) is 9.40. The maximum Gasteiger partial charge on any atom is 0.272 e. The Balaban J connectivity index is 2.38. The van der Waals surface area contributed by atoms with Gasteiger partial charge in [0.15, 0.2) is 0 Å². The lowest BCUT2D eigenvalue weighted by Crippen LogP contribution is -2.56. The second-order valence-electron chi connectivity index (χ2n) is 7.45. The monoisotopic (exact) mass is 432 g/mol. The molecule has 0 aliphatic rings. The summed E-state index contributed by atoms with van der Waals surface area (Å²) in [5, 5.41) is 1.37. The van der Waals surface area contributed by atoms with Crippen molar-refractivity contribution in [3.05, 3.63) is 63.1 Å². The van der Waals surface area contributed by atoms with Crippen molar-refractivity contribution in [2.24, 2.45) is 0 Å². The predicted molar refractivity (Wildman–Crippen MR) is 110 cm³/mol. The molecule has 0 unspecified atom stereocenters. The maximum absolute atomic E-state index is 13.1. The fourth-order valence-corrected chi connectivity index (χ4v) is 3.36. The first-order valence-electron chi connectivity index (χ1n) is 8.61. The van der Waals surface area contributed by atoms with Crippen molar-refractivity contribution in [2.45, 2.75) is 40.2 Å². The van der Waals surface area contributed by atoms with E-state index in [0.29, 0.717) is 21.3 Å². The smallest absolute Gasteiger partial charge is 0.272 e. The highest BCUT2D eigenvalue weighted by atomic mass is 79.9. The van der Waals surface area contributed by atoms with Gasteiger partial charge in [0.05, 0.1) is 22.7 Å². The average molecular weight is 433 g/mol. The number of hydrazine groups is 1. The summed E-state index contributed by atoms with van der Waals surface area (Å²) in [5.41, 5.74) is 5.06. The van der Waals surface area contributed by atoms with Gasteiger partial charge in [0, 0.05) is 5.56 Å². The molecule has 5 nitrogen and oxygen atoms in total. The summed E-state index contributed by atoms with van der Waals surface area (Å²) in [6.07, 6.45) is 0. The van der Waals surface area contributed by atoms with Crippen LogP contribution in [0, 0.1) is 13.8 Å². The van der Waals surface area contributed by atoms with E-state index in [1.54, 1.807) is 18.2 Å². The van der Waals surface area contributed by atoms with Crippen molar-refractivity contribution in [3.63, 3.8) is 0 Å². The molecule has 0 fully saturated rings. The molecule has 2 aromatic carbocycles. The number of hydrogen-bond acceptors (Lipinski definition) is 3. The van der Waals surface area contributed by atoms with Gasteiger partial charge in [0.25, 0.3) is 11.8 Å². The van der Waals surface area contributed by atoms with E-state index in [4.69, 9.17) is 4.74 Å². The van der Waals surface area contributed by atoms with Crippen LogP contribution < -0.4 is 10.2 Å². The van der Waals surface area contributed by atoms with E-state index in [0.717, 1.165) is 11.1 Å². The zero-order valence-electron chi connectivity index (χ0n) is 16.5. The molecular weight excluding hydrogens is 408 g/mol. The fraction of sp³-hybridized carbons (Fsp3) is 0.333. The molecule has 1 N–H and O–H groups in total. The Morgan fingerprint density at radius 3 is 2.19 bits per heavy atom. The van der Waals surface area contributed by atoms with Crippen LogP contribution in [-0.4, -0.2) is 29.5 Å². The summed E-state index contributed by atoms with van der Waals surface area (Å²) in [7, 11) is 1.53. The van der Waals surface area contributed by atoms with Gasteiger partial charge in [0.2, 0.25) is 0 Å². The lowest BCUT2D eigenvalue weighted by molar-refractivity contribution is 0.0358. The number of nitrogens with zero attached hydrogens (tertiary/aromatic N) is 1. The van der Waals surface area contributed by atoms with Gasteiger partial charge in [0.1, 0.15) is 5.75 Å². The van der Waals surface area contributed by atoms with Crippen LogP contribution in [0.25, 0.3) is 0 Å². The van der Waals surface area contributed by atoms with Gasteiger partial charge in [-0.05, 0) is 74.8 Å². The van der Waals surface area contributed by atoms with Crippen LogP contribution in [-0.2, 0) is 0 Å². The third-order valence-electron chi connectivity index (χ3n) is 3.98. The number of aryl methyl sites for hydroxylation is 2. The molecule has 27 heavy (non-hydrogen) atoms. The Kier molecular flexibility index (Phi) is 6.31. The molecule has 0 spiro atoms. The number of rotatable bonds is 3. The second kappa shape index (κ2) is 8.13. The zero-order chi connectivity index (χ0) is 20.4. The Hall–Kier alpha value is -2.34. The number of benzene rings is 2. The summed E-state index contributed by atoms with van der Waals surface area (Å²) in [6.45, 7) is 9.49. The number of carbonyl (C=O) groups is 2. The molecule has 2 aromatic rings. The molecule has 144 valence electrons. The van der Waals surface area contributed by atoms with E-state index in [1.807, 2.05) is 52.8 Å². The highest BCUT2D eigenvalue weighted by Gasteiger charge is 2.30. The predicted octanol–water partition coefficient (Wildman–Crippen LogP) is 4.66. The maximum atomic E-state index is 13.1. The van der Waals surface area contributed by atoms with Crippen LogP contribution in [0.15, 0.2) is 40.9 Å². The highest BCUT2D eigenvalue weighted by Crippen LogP contribution is 2.28. The number of hydrogen-bond donors (Lipinski definition) is 1. The van der Waals surface area contributed by atoms with Crippen molar-refractivity contribution < 1.29 is 14.3 Å². The third-order valence-corrected chi connectivity index (χ3v) is 4.80. The largest absolute Gasteiger partial charge is 0.496 e. The van der Waals surface area contributed by atoms with Gasteiger partial charge >= 0.3 is 0 Å². The Bertz CT molecular complexity index is 852. The van der Waals surface area contributed by atoms with Crippen LogP contribution in [0.2, 0.25) is 0 Å². The minimum Gasteiger partial charge on any atom is -0.496 e. The van der Waals surface area contributed by atoms with Gasteiger partial charge in [-0.1, -0.05) is 23.3 Å².